The van der Waals surface area contributed by atoms with E-state index in [9.17, 15) is 4.39 Å². The fourth-order valence-electron chi connectivity index (χ4n) is 2.65. The molecule has 0 atom stereocenters. The number of piperidine rings is 2. The summed E-state index contributed by atoms with van der Waals surface area (Å²) in [6.07, 6.45) is 3.88. The van der Waals surface area contributed by atoms with Gasteiger partial charge in [0, 0.05) is 6.54 Å². The molecule has 2 saturated heterocycles. The molecule has 102 valence electrons. The standard InChI is InChI=1S/C12H23FN2.C2H6/c1-11-2-8-15(9-3-11)10-12(13)4-6-14-7-5-12;1-2/h11,14H,2-10H2,1H3;1-2H3. The molecule has 0 saturated carbocycles. The first-order chi connectivity index (χ1) is 8.18. The number of halogens is 1. The van der Waals surface area contributed by atoms with Crippen molar-refractivity contribution >= 4 is 0 Å². The smallest absolute Gasteiger partial charge is 0.126 e. The van der Waals surface area contributed by atoms with Crippen molar-refractivity contribution in [2.75, 3.05) is 32.7 Å². The molecule has 2 rings (SSSR count). The van der Waals surface area contributed by atoms with Crippen LogP contribution in [0, 0.1) is 5.92 Å². The summed E-state index contributed by atoms with van der Waals surface area (Å²) in [7, 11) is 0. The fraction of sp³-hybridized carbons (Fsp3) is 1.00. The van der Waals surface area contributed by atoms with E-state index in [0.717, 1.165) is 32.1 Å². The number of hydrogen-bond acceptors (Lipinski definition) is 2. The van der Waals surface area contributed by atoms with Gasteiger partial charge in [-0.3, -0.25) is 0 Å². The summed E-state index contributed by atoms with van der Waals surface area (Å²) >= 11 is 0. The maximum absolute atomic E-state index is 14.4. The van der Waals surface area contributed by atoms with E-state index in [0.29, 0.717) is 19.4 Å². The zero-order valence-electron chi connectivity index (χ0n) is 11.8. The van der Waals surface area contributed by atoms with Gasteiger partial charge in [0.05, 0.1) is 0 Å². The van der Waals surface area contributed by atoms with E-state index in [1.807, 2.05) is 13.8 Å². The lowest BCUT2D eigenvalue weighted by molar-refractivity contribution is 0.0474. The molecule has 0 aromatic heterocycles. The van der Waals surface area contributed by atoms with Crippen molar-refractivity contribution in [1.82, 2.24) is 10.2 Å². The van der Waals surface area contributed by atoms with E-state index in [1.54, 1.807) is 0 Å². The Morgan fingerprint density at radius 1 is 1.18 bits per heavy atom. The van der Waals surface area contributed by atoms with Crippen LogP contribution < -0.4 is 5.32 Å². The molecule has 0 spiro atoms. The minimum absolute atomic E-state index is 0.668. The summed E-state index contributed by atoms with van der Waals surface area (Å²) in [6, 6.07) is 0. The summed E-state index contributed by atoms with van der Waals surface area (Å²) in [4.78, 5) is 2.32. The Morgan fingerprint density at radius 2 is 1.71 bits per heavy atom. The molecule has 17 heavy (non-hydrogen) atoms. The maximum atomic E-state index is 14.4. The SMILES string of the molecule is CC.CC1CCN(CC2(F)CCNCC2)CC1. The van der Waals surface area contributed by atoms with Gasteiger partial charge in [-0.1, -0.05) is 20.8 Å². The van der Waals surface area contributed by atoms with Crippen LogP contribution in [0.2, 0.25) is 0 Å². The summed E-state index contributed by atoms with van der Waals surface area (Å²) in [5.41, 5.74) is -0.911. The third-order valence-electron chi connectivity index (χ3n) is 3.88. The van der Waals surface area contributed by atoms with E-state index in [4.69, 9.17) is 0 Å². The lowest BCUT2D eigenvalue weighted by atomic mass is 9.92. The lowest BCUT2D eigenvalue weighted by Crippen LogP contribution is -2.48. The van der Waals surface area contributed by atoms with Crippen molar-refractivity contribution in [3.8, 4) is 0 Å². The van der Waals surface area contributed by atoms with Crippen molar-refractivity contribution in [3.05, 3.63) is 0 Å². The Balaban J connectivity index is 0.000000686. The molecule has 1 N–H and O–H groups in total. The molecule has 0 radical (unpaired) electrons. The minimum atomic E-state index is -0.911. The number of nitrogens with zero attached hydrogens (tertiary/aromatic N) is 1. The second-order valence-corrected chi connectivity index (χ2v) is 5.36. The van der Waals surface area contributed by atoms with E-state index < -0.39 is 5.67 Å². The molecule has 0 amide bonds. The first kappa shape index (κ1) is 14.9. The van der Waals surface area contributed by atoms with E-state index in [2.05, 4.69) is 17.1 Å². The number of hydrogen-bond donors (Lipinski definition) is 1. The van der Waals surface area contributed by atoms with Crippen molar-refractivity contribution < 1.29 is 4.39 Å². The summed E-state index contributed by atoms with van der Waals surface area (Å²) in [5, 5.41) is 3.23. The van der Waals surface area contributed by atoms with Gasteiger partial charge in [-0.15, -0.1) is 0 Å². The Bertz CT molecular complexity index is 194. The van der Waals surface area contributed by atoms with Crippen LogP contribution in [-0.4, -0.2) is 43.3 Å². The number of alkyl halides is 1. The highest BCUT2D eigenvalue weighted by atomic mass is 19.1. The second-order valence-electron chi connectivity index (χ2n) is 5.36. The maximum Gasteiger partial charge on any atom is 0.126 e. The Hall–Kier alpha value is -0.150. The van der Waals surface area contributed by atoms with Gasteiger partial charge in [0.2, 0.25) is 0 Å². The van der Waals surface area contributed by atoms with Crippen molar-refractivity contribution in [2.45, 2.75) is 52.1 Å². The quantitative estimate of drug-likeness (QED) is 0.803. The third-order valence-corrected chi connectivity index (χ3v) is 3.88. The van der Waals surface area contributed by atoms with Gasteiger partial charge in [0.1, 0.15) is 5.67 Å². The van der Waals surface area contributed by atoms with Gasteiger partial charge in [0.15, 0.2) is 0 Å². The largest absolute Gasteiger partial charge is 0.316 e. The molecule has 0 bridgehead atoms. The van der Waals surface area contributed by atoms with Crippen molar-refractivity contribution in [2.24, 2.45) is 5.92 Å². The minimum Gasteiger partial charge on any atom is -0.316 e. The van der Waals surface area contributed by atoms with Crippen molar-refractivity contribution in [3.63, 3.8) is 0 Å². The lowest BCUT2D eigenvalue weighted by Gasteiger charge is -2.38. The average molecular weight is 244 g/mol. The summed E-state index contributed by atoms with van der Waals surface area (Å²) in [6.45, 7) is 10.9. The molecule has 3 heteroatoms. The second kappa shape index (κ2) is 7.32. The summed E-state index contributed by atoms with van der Waals surface area (Å²) in [5.74, 6) is 0.838. The van der Waals surface area contributed by atoms with Crippen LogP contribution in [0.5, 0.6) is 0 Å². The summed E-state index contributed by atoms with van der Waals surface area (Å²) < 4.78 is 14.4. The fourth-order valence-corrected chi connectivity index (χ4v) is 2.65. The molecule has 2 heterocycles. The zero-order chi connectivity index (χ0) is 12.7. The topological polar surface area (TPSA) is 15.3 Å². The van der Waals surface area contributed by atoms with Crippen LogP contribution in [0.3, 0.4) is 0 Å². The van der Waals surface area contributed by atoms with Crippen LogP contribution >= 0.6 is 0 Å². The van der Waals surface area contributed by atoms with Crippen LogP contribution in [0.4, 0.5) is 4.39 Å². The monoisotopic (exact) mass is 244 g/mol. The van der Waals surface area contributed by atoms with Crippen molar-refractivity contribution in [1.29, 1.82) is 0 Å². The Labute approximate surface area is 106 Å². The molecule has 0 aromatic carbocycles. The predicted molar refractivity (Wildman–Crippen MR) is 72.1 cm³/mol. The van der Waals surface area contributed by atoms with Gasteiger partial charge >= 0.3 is 0 Å². The zero-order valence-corrected chi connectivity index (χ0v) is 11.8. The van der Waals surface area contributed by atoms with E-state index in [-0.39, 0.29) is 0 Å². The Kier molecular flexibility index (Phi) is 6.42. The molecule has 2 aliphatic rings. The number of nitrogens with one attached hydrogen (secondary N) is 1. The van der Waals surface area contributed by atoms with Crippen LogP contribution in [-0.2, 0) is 0 Å². The van der Waals surface area contributed by atoms with Gasteiger partial charge in [0.25, 0.3) is 0 Å². The normalized spacial score (nSPS) is 26.1. The molecular weight excluding hydrogens is 215 g/mol. The molecule has 2 nitrogen and oxygen atoms in total. The van der Waals surface area contributed by atoms with Gasteiger partial charge in [-0.25, -0.2) is 4.39 Å². The predicted octanol–water partition coefficient (Wildman–Crippen LogP) is 2.84. The van der Waals surface area contributed by atoms with Gasteiger partial charge in [-0.05, 0) is 57.8 Å². The Morgan fingerprint density at radius 3 is 2.24 bits per heavy atom. The molecule has 2 aliphatic heterocycles. The highest BCUT2D eigenvalue weighted by molar-refractivity contribution is 4.88. The first-order valence-electron chi connectivity index (χ1n) is 7.30. The molecule has 0 unspecified atom stereocenters. The molecule has 0 aromatic rings. The average Bonchev–Trinajstić information content (AvgIpc) is 2.35. The highest BCUT2D eigenvalue weighted by Gasteiger charge is 2.34. The molecule has 2 fully saturated rings. The van der Waals surface area contributed by atoms with E-state index >= 15 is 0 Å². The van der Waals surface area contributed by atoms with Crippen LogP contribution in [0.25, 0.3) is 0 Å². The molecular formula is C14H29FN2. The highest BCUT2D eigenvalue weighted by Crippen LogP contribution is 2.26. The van der Waals surface area contributed by atoms with Crippen LogP contribution in [0.15, 0.2) is 0 Å². The molecule has 0 aliphatic carbocycles. The van der Waals surface area contributed by atoms with Crippen LogP contribution in [0.1, 0.15) is 46.5 Å². The number of likely N-dealkylation sites (tertiary alicyclic amines) is 1. The number of rotatable bonds is 2. The third kappa shape index (κ3) is 4.92. The van der Waals surface area contributed by atoms with Gasteiger partial charge < -0.3 is 10.2 Å². The van der Waals surface area contributed by atoms with E-state index in [1.165, 1.54) is 12.8 Å². The first-order valence-corrected chi connectivity index (χ1v) is 7.30. The van der Waals surface area contributed by atoms with Gasteiger partial charge in [-0.2, -0.15) is 0 Å².